The topological polar surface area (TPSA) is 90.8 Å². The summed E-state index contributed by atoms with van der Waals surface area (Å²) in [7, 11) is 0. The number of nitrogens with zero attached hydrogens (tertiary/aromatic N) is 4. The number of amidine groups is 1. The summed E-state index contributed by atoms with van der Waals surface area (Å²) in [4.78, 5) is 41.1. The van der Waals surface area contributed by atoms with Crippen LogP contribution in [0.5, 0.6) is 0 Å². The third-order valence-corrected chi connectivity index (χ3v) is 4.05. The van der Waals surface area contributed by atoms with Crippen LogP contribution in [0.3, 0.4) is 0 Å². The number of fused-ring (bicyclic) bond motifs is 1. The second kappa shape index (κ2) is 5.62. The van der Waals surface area contributed by atoms with Gasteiger partial charge in [-0.1, -0.05) is 6.07 Å². The van der Waals surface area contributed by atoms with Gasteiger partial charge in [-0.25, -0.2) is 14.9 Å². The van der Waals surface area contributed by atoms with Crippen LogP contribution in [0.4, 0.5) is 11.6 Å². The van der Waals surface area contributed by atoms with Gasteiger partial charge in [0.2, 0.25) is 5.95 Å². The summed E-state index contributed by atoms with van der Waals surface area (Å²) in [6.45, 7) is 3.41. The van der Waals surface area contributed by atoms with Gasteiger partial charge in [0.05, 0.1) is 5.69 Å². The van der Waals surface area contributed by atoms with Gasteiger partial charge in [0.1, 0.15) is 11.5 Å². The van der Waals surface area contributed by atoms with Gasteiger partial charge in [0.15, 0.2) is 0 Å². The Kier molecular flexibility index (Phi) is 3.42. The largest absolute Gasteiger partial charge is 0.292 e. The molecule has 0 bridgehead atoms. The van der Waals surface area contributed by atoms with E-state index in [-0.39, 0.29) is 17.4 Å². The SMILES string of the molecule is CC1=N/C(=C/c2ccc3c(c2)CC=N3)C(=O)N1c1nc(C)cc(=O)[nH]1. The maximum atomic E-state index is 12.7. The first-order valence-electron chi connectivity index (χ1n) is 7.86. The van der Waals surface area contributed by atoms with E-state index in [4.69, 9.17) is 0 Å². The van der Waals surface area contributed by atoms with Crippen molar-refractivity contribution in [2.45, 2.75) is 20.3 Å². The van der Waals surface area contributed by atoms with E-state index in [9.17, 15) is 9.59 Å². The minimum atomic E-state index is -0.317. The average molecular weight is 333 g/mol. The molecule has 3 heterocycles. The zero-order valence-corrected chi connectivity index (χ0v) is 13.8. The lowest BCUT2D eigenvalue weighted by molar-refractivity contribution is -0.113. The van der Waals surface area contributed by atoms with Gasteiger partial charge in [0.25, 0.3) is 11.5 Å². The van der Waals surface area contributed by atoms with Crippen LogP contribution < -0.4 is 10.5 Å². The molecule has 0 spiro atoms. The summed E-state index contributed by atoms with van der Waals surface area (Å²) in [6.07, 6.45) is 4.40. The number of H-pyrrole nitrogens is 1. The fourth-order valence-electron chi connectivity index (χ4n) is 2.93. The number of hydrogen-bond acceptors (Lipinski definition) is 5. The normalized spacial score (nSPS) is 17.4. The first-order chi connectivity index (χ1) is 12.0. The number of hydrogen-bond donors (Lipinski definition) is 1. The summed E-state index contributed by atoms with van der Waals surface area (Å²) in [5, 5.41) is 0. The van der Waals surface area contributed by atoms with Crippen LogP contribution in [-0.2, 0) is 11.2 Å². The Labute approximate surface area is 143 Å². The summed E-state index contributed by atoms with van der Waals surface area (Å²) >= 11 is 0. The number of carbonyl (C=O) groups is 1. The Bertz CT molecular complexity index is 1050. The van der Waals surface area contributed by atoms with Crippen molar-refractivity contribution in [2.75, 3.05) is 4.90 Å². The Morgan fingerprint density at radius 2 is 2.04 bits per heavy atom. The second-order valence-electron chi connectivity index (χ2n) is 5.94. The van der Waals surface area contributed by atoms with Gasteiger partial charge in [-0.05, 0) is 43.2 Å². The van der Waals surface area contributed by atoms with E-state index in [1.165, 1.54) is 11.0 Å². The zero-order chi connectivity index (χ0) is 17.6. The molecule has 0 radical (unpaired) electrons. The predicted octanol–water partition coefficient (Wildman–Crippen LogP) is 2.14. The number of aryl methyl sites for hydroxylation is 1. The lowest BCUT2D eigenvalue weighted by atomic mass is 10.1. The Morgan fingerprint density at radius 3 is 2.84 bits per heavy atom. The van der Waals surface area contributed by atoms with Crippen LogP contribution in [0.15, 0.2) is 44.7 Å². The third-order valence-electron chi connectivity index (χ3n) is 4.05. The fraction of sp³-hybridized carbons (Fsp3) is 0.167. The van der Waals surface area contributed by atoms with Crippen LogP contribution in [-0.4, -0.2) is 27.9 Å². The molecule has 7 nitrogen and oxygen atoms in total. The summed E-state index contributed by atoms with van der Waals surface area (Å²) in [5.74, 6) is 0.333. The van der Waals surface area contributed by atoms with E-state index in [1.807, 2.05) is 24.4 Å². The Hall–Kier alpha value is -3.35. The summed E-state index contributed by atoms with van der Waals surface area (Å²) in [6, 6.07) is 7.21. The number of aromatic amines is 1. The van der Waals surface area contributed by atoms with Crippen molar-refractivity contribution in [3.8, 4) is 0 Å². The molecule has 1 aromatic carbocycles. The maximum absolute atomic E-state index is 12.7. The van der Waals surface area contributed by atoms with Crippen LogP contribution in [0.1, 0.15) is 23.7 Å². The number of nitrogens with one attached hydrogen (secondary N) is 1. The van der Waals surface area contributed by atoms with Gasteiger partial charge in [-0.2, -0.15) is 0 Å². The smallest absolute Gasteiger partial charge is 0.284 e. The highest BCUT2D eigenvalue weighted by Crippen LogP contribution is 2.27. The van der Waals surface area contributed by atoms with Gasteiger partial charge in [-0.15, -0.1) is 0 Å². The molecule has 4 rings (SSSR count). The third kappa shape index (κ3) is 2.69. The molecule has 1 amide bonds. The van der Waals surface area contributed by atoms with Crippen molar-refractivity contribution < 1.29 is 4.79 Å². The molecule has 2 aliphatic heterocycles. The zero-order valence-electron chi connectivity index (χ0n) is 13.8. The van der Waals surface area contributed by atoms with Gasteiger partial charge >= 0.3 is 0 Å². The molecule has 1 N–H and O–H groups in total. The van der Waals surface area contributed by atoms with Crippen LogP contribution in [0.2, 0.25) is 0 Å². The van der Waals surface area contributed by atoms with Gasteiger partial charge in [-0.3, -0.25) is 19.6 Å². The summed E-state index contributed by atoms with van der Waals surface area (Å²) < 4.78 is 0. The maximum Gasteiger partial charge on any atom is 0.284 e. The number of carbonyl (C=O) groups excluding carboxylic acids is 1. The van der Waals surface area contributed by atoms with Crippen molar-refractivity contribution in [1.29, 1.82) is 0 Å². The van der Waals surface area contributed by atoms with E-state index in [2.05, 4.69) is 20.0 Å². The highest BCUT2D eigenvalue weighted by molar-refractivity contribution is 6.27. The Morgan fingerprint density at radius 1 is 1.20 bits per heavy atom. The molecule has 0 saturated heterocycles. The van der Waals surface area contributed by atoms with Gasteiger partial charge < -0.3 is 0 Å². The van der Waals surface area contributed by atoms with Crippen molar-refractivity contribution in [3.05, 3.63) is 57.1 Å². The van der Waals surface area contributed by atoms with Crippen LogP contribution >= 0.6 is 0 Å². The molecular formula is C18H15N5O2. The quantitative estimate of drug-likeness (QED) is 0.854. The van der Waals surface area contributed by atoms with E-state index in [1.54, 1.807) is 19.9 Å². The van der Waals surface area contributed by atoms with Crippen molar-refractivity contribution in [2.24, 2.45) is 9.98 Å². The number of aromatic nitrogens is 2. The van der Waals surface area contributed by atoms with E-state index in [0.717, 1.165) is 23.2 Å². The minimum absolute atomic E-state index is 0.182. The van der Waals surface area contributed by atoms with Gasteiger partial charge in [0, 0.05) is 24.4 Å². The lowest BCUT2D eigenvalue weighted by Gasteiger charge is -2.14. The highest BCUT2D eigenvalue weighted by atomic mass is 16.2. The molecule has 25 heavy (non-hydrogen) atoms. The lowest BCUT2D eigenvalue weighted by Crippen LogP contribution is -2.33. The van der Waals surface area contributed by atoms with E-state index < -0.39 is 0 Å². The molecule has 2 aromatic rings. The predicted molar refractivity (Wildman–Crippen MR) is 96.5 cm³/mol. The second-order valence-corrected chi connectivity index (χ2v) is 5.94. The molecule has 0 unspecified atom stereocenters. The van der Waals surface area contributed by atoms with E-state index >= 15 is 0 Å². The number of rotatable bonds is 2. The first-order valence-corrected chi connectivity index (χ1v) is 7.86. The average Bonchev–Trinajstić information content (AvgIpc) is 3.11. The molecule has 0 aliphatic carbocycles. The number of anilines is 1. The number of amides is 1. The monoisotopic (exact) mass is 333 g/mol. The number of benzene rings is 1. The molecule has 0 fully saturated rings. The number of aliphatic imine (C=N–C) groups is 2. The first kappa shape index (κ1) is 15.2. The fourth-order valence-corrected chi connectivity index (χ4v) is 2.93. The summed E-state index contributed by atoms with van der Waals surface area (Å²) in [5.41, 5.74) is 3.51. The molecule has 1 aromatic heterocycles. The standard InChI is InChI=1S/C18H15N5O2/c1-10-7-16(24)22-18(20-10)23-11(2)21-15(17(23)25)9-12-3-4-14-13(8-12)5-6-19-14/h3-4,6-9H,5H2,1-2H3,(H,20,22,24)/b15-9+. The van der Waals surface area contributed by atoms with Crippen molar-refractivity contribution in [3.63, 3.8) is 0 Å². The minimum Gasteiger partial charge on any atom is -0.292 e. The van der Waals surface area contributed by atoms with Crippen LogP contribution in [0, 0.1) is 6.92 Å². The Balaban J connectivity index is 1.69. The van der Waals surface area contributed by atoms with Crippen LogP contribution in [0.25, 0.3) is 6.08 Å². The molecule has 2 aliphatic rings. The molecule has 0 saturated carbocycles. The molecular weight excluding hydrogens is 318 g/mol. The van der Waals surface area contributed by atoms with E-state index in [0.29, 0.717) is 17.2 Å². The molecule has 124 valence electrons. The molecule has 7 heteroatoms. The van der Waals surface area contributed by atoms with Crippen molar-refractivity contribution in [1.82, 2.24) is 9.97 Å². The highest BCUT2D eigenvalue weighted by Gasteiger charge is 2.30. The van der Waals surface area contributed by atoms with Crippen molar-refractivity contribution >= 4 is 35.7 Å². The molecule has 0 atom stereocenters.